The van der Waals surface area contributed by atoms with Crippen molar-refractivity contribution in [3.05, 3.63) is 24.7 Å². The highest BCUT2D eigenvalue weighted by molar-refractivity contribution is 5.95. The Kier molecular flexibility index (Phi) is 5.55. The highest BCUT2D eigenvalue weighted by Gasteiger charge is 2.33. The van der Waals surface area contributed by atoms with Gasteiger partial charge < -0.3 is 19.7 Å². The minimum absolute atomic E-state index is 0.0814. The van der Waals surface area contributed by atoms with Crippen LogP contribution >= 0.6 is 0 Å². The first-order valence-corrected chi connectivity index (χ1v) is 11.2. The SMILES string of the molecule is CC1(C)OCC(Cn2cc(-c3nn(C4CCC(O)CC4)c4cc(NC(=O)O)ncc34)cn2)O1. The molecule has 33 heavy (non-hydrogen) atoms. The van der Waals surface area contributed by atoms with Gasteiger partial charge in [-0.3, -0.25) is 14.7 Å². The van der Waals surface area contributed by atoms with E-state index < -0.39 is 11.9 Å². The van der Waals surface area contributed by atoms with Crippen LogP contribution in [0.2, 0.25) is 0 Å². The van der Waals surface area contributed by atoms with Crippen LogP contribution in [0.1, 0.15) is 45.6 Å². The van der Waals surface area contributed by atoms with Crippen molar-refractivity contribution in [3.8, 4) is 11.3 Å². The van der Waals surface area contributed by atoms with E-state index in [4.69, 9.17) is 19.7 Å². The molecule has 0 radical (unpaired) electrons. The molecule has 1 aliphatic heterocycles. The summed E-state index contributed by atoms with van der Waals surface area (Å²) in [6.45, 7) is 4.86. The molecule has 1 saturated carbocycles. The van der Waals surface area contributed by atoms with Gasteiger partial charge in [-0.15, -0.1) is 0 Å². The van der Waals surface area contributed by atoms with Crippen LogP contribution in [-0.2, 0) is 16.0 Å². The second-order valence-corrected chi connectivity index (χ2v) is 9.17. The minimum Gasteiger partial charge on any atom is -0.465 e. The van der Waals surface area contributed by atoms with Gasteiger partial charge >= 0.3 is 6.09 Å². The van der Waals surface area contributed by atoms with E-state index in [0.717, 1.165) is 35.0 Å². The van der Waals surface area contributed by atoms with Gasteiger partial charge in [-0.2, -0.15) is 10.2 Å². The van der Waals surface area contributed by atoms with Crippen molar-refractivity contribution in [3.63, 3.8) is 0 Å². The van der Waals surface area contributed by atoms with Crippen LogP contribution in [0.3, 0.4) is 0 Å². The van der Waals surface area contributed by atoms with Crippen molar-refractivity contribution in [1.82, 2.24) is 24.5 Å². The summed E-state index contributed by atoms with van der Waals surface area (Å²) in [4.78, 5) is 15.4. The molecule has 11 heteroatoms. The Morgan fingerprint density at radius 3 is 2.76 bits per heavy atom. The lowest BCUT2D eigenvalue weighted by atomic mass is 9.93. The molecular weight excluding hydrogens is 428 g/mol. The van der Waals surface area contributed by atoms with Crippen molar-refractivity contribution in [1.29, 1.82) is 0 Å². The quantitative estimate of drug-likeness (QED) is 0.533. The molecule has 0 bridgehead atoms. The van der Waals surface area contributed by atoms with Gasteiger partial charge in [-0.05, 0) is 39.5 Å². The number of carboxylic acid groups (broad SMARTS) is 1. The maximum Gasteiger partial charge on any atom is 0.410 e. The maximum atomic E-state index is 11.1. The maximum absolute atomic E-state index is 11.1. The van der Waals surface area contributed by atoms with Crippen LogP contribution in [0, 0.1) is 0 Å². The number of anilines is 1. The summed E-state index contributed by atoms with van der Waals surface area (Å²) in [5, 5.41) is 31.5. The van der Waals surface area contributed by atoms with E-state index >= 15 is 0 Å². The summed E-state index contributed by atoms with van der Waals surface area (Å²) in [6, 6.07) is 1.83. The van der Waals surface area contributed by atoms with E-state index in [0.29, 0.717) is 26.0 Å². The number of aromatic nitrogens is 5. The number of hydrogen-bond acceptors (Lipinski definition) is 7. The monoisotopic (exact) mass is 456 g/mol. The number of aliphatic hydroxyl groups excluding tert-OH is 1. The summed E-state index contributed by atoms with van der Waals surface area (Å²) in [6.07, 6.45) is 6.83. The highest BCUT2D eigenvalue weighted by Crippen LogP contribution is 2.35. The van der Waals surface area contributed by atoms with Crippen LogP contribution < -0.4 is 5.32 Å². The smallest absolute Gasteiger partial charge is 0.410 e. The highest BCUT2D eigenvalue weighted by atomic mass is 16.7. The van der Waals surface area contributed by atoms with E-state index in [1.165, 1.54) is 0 Å². The summed E-state index contributed by atoms with van der Waals surface area (Å²) in [5.41, 5.74) is 2.38. The van der Waals surface area contributed by atoms with Gasteiger partial charge in [-0.1, -0.05) is 0 Å². The molecule has 11 nitrogen and oxygen atoms in total. The topological polar surface area (TPSA) is 137 Å². The van der Waals surface area contributed by atoms with Gasteiger partial charge in [0, 0.05) is 29.4 Å². The van der Waals surface area contributed by atoms with Gasteiger partial charge in [0.2, 0.25) is 0 Å². The summed E-state index contributed by atoms with van der Waals surface area (Å²) >= 11 is 0. The average molecular weight is 457 g/mol. The van der Waals surface area contributed by atoms with Gasteiger partial charge in [-0.25, -0.2) is 9.78 Å². The zero-order valence-electron chi connectivity index (χ0n) is 18.6. The number of amides is 1. The second kappa shape index (κ2) is 8.40. The van der Waals surface area contributed by atoms with Crippen molar-refractivity contribution in [2.45, 2.75) is 70.1 Å². The lowest BCUT2D eigenvalue weighted by Crippen LogP contribution is -2.24. The lowest BCUT2D eigenvalue weighted by Gasteiger charge is -2.26. The van der Waals surface area contributed by atoms with Crippen molar-refractivity contribution >= 4 is 22.8 Å². The molecule has 1 atom stereocenters. The molecule has 1 saturated heterocycles. The fourth-order valence-electron chi connectivity index (χ4n) is 4.65. The van der Waals surface area contributed by atoms with Crippen molar-refractivity contribution in [2.24, 2.45) is 0 Å². The van der Waals surface area contributed by atoms with E-state index in [1.807, 2.05) is 29.4 Å². The summed E-state index contributed by atoms with van der Waals surface area (Å²) < 4.78 is 15.3. The Bertz CT molecular complexity index is 1160. The molecule has 1 unspecified atom stereocenters. The van der Waals surface area contributed by atoms with Gasteiger partial charge in [0.05, 0.1) is 37.0 Å². The Balaban J connectivity index is 1.48. The molecular formula is C22H28N6O5. The Morgan fingerprint density at radius 1 is 1.27 bits per heavy atom. The summed E-state index contributed by atoms with van der Waals surface area (Å²) in [5.74, 6) is -0.341. The van der Waals surface area contributed by atoms with E-state index in [9.17, 15) is 9.90 Å². The molecule has 5 rings (SSSR count). The number of fused-ring (bicyclic) bond motifs is 1. The number of rotatable bonds is 5. The van der Waals surface area contributed by atoms with Crippen LogP contribution in [0.25, 0.3) is 22.2 Å². The van der Waals surface area contributed by atoms with Crippen LogP contribution in [0.5, 0.6) is 0 Å². The average Bonchev–Trinajstić information content (AvgIpc) is 3.45. The number of hydrogen-bond donors (Lipinski definition) is 3. The fourth-order valence-corrected chi connectivity index (χ4v) is 4.65. The summed E-state index contributed by atoms with van der Waals surface area (Å²) in [7, 11) is 0. The van der Waals surface area contributed by atoms with Crippen molar-refractivity contribution < 1.29 is 24.5 Å². The normalized spacial score (nSPS) is 24.9. The van der Waals surface area contributed by atoms with E-state index in [2.05, 4.69) is 15.4 Å². The molecule has 2 aliphatic rings. The molecule has 0 spiro atoms. The number of nitrogens with one attached hydrogen (secondary N) is 1. The largest absolute Gasteiger partial charge is 0.465 e. The molecule has 1 aliphatic carbocycles. The van der Waals surface area contributed by atoms with Gasteiger partial charge in [0.1, 0.15) is 17.6 Å². The predicted molar refractivity (Wildman–Crippen MR) is 119 cm³/mol. The van der Waals surface area contributed by atoms with Gasteiger partial charge in [0.15, 0.2) is 5.79 Å². The number of ether oxygens (including phenoxy) is 2. The number of carbonyl (C=O) groups is 1. The zero-order valence-corrected chi connectivity index (χ0v) is 18.6. The Labute approximate surface area is 190 Å². The lowest BCUT2D eigenvalue weighted by molar-refractivity contribution is -0.139. The number of nitrogens with zero attached hydrogens (tertiary/aromatic N) is 5. The second-order valence-electron chi connectivity index (χ2n) is 9.17. The number of aliphatic hydroxyl groups is 1. The standard InChI is InChI=1S/C22H28N6O5/c1-22(2)32-12-16(33-22)11-27-10-13(8-24-27)20-17-9-23-19(25-21(30)31)7-18(17)28(26-20)14-3-5-15(29)6-4-14/h7-10,14-16,29H,3-6,11-12H2,1-2H3,(H,23,25)(H,30,31). The third kappa shape index (κ3) is 4.56. The molecule has 176 valence electrons. The van der Waals surface area contributed by atoms with Crippen LogP contribution in [0.4, 0.5) is 10.6 Å². The predicted octanol–water partition coefficient (Wildman–Crippen LogP) is 3.01. The molecule has 3 N–H and O–H groups in total. The van der Waals surface area contributed by atoms with E-state index in [1.54, 1.807) is 18.5 Å². The molecule has 4 heterocycles. The first-order chi connectivity index (χ1) is 15.8. The molecule has 3 aromatic heterocycles. The molecule has 1 amide bonds. The zero-order chi connectivity index (χ0) is 23.2. The van der Waals surface area contributed by atoms with Crippen LogP contribution in [0.15, 0.2) is 24.7 Å². The first kappa shape index (κ1) is 21.8. The first-order valence-electron chi connectivity index (χ1n) is 11.2. The minimum atomic E-state index is -1.17. The van der Waals surface area contributed by atoms with E-state index in [-0.39, 0.29) is 24.1 Å². The Morgan fingerprint density at radius 2 is 2.06 bits per heavy atom. The third-order valence-electron chi connectivity index (χ3n) is 6.20. The molecule has 2 fully saturated rings. The van der Waals surface area contributed by atoms with Crippen molar-refractivity contribution in [2.75, 3.05) is 11.9 Å². The van der Waals surface area contributed by atoms with Crippen LogP contribution in [-0.4, -0.2) is 65.5 Å². The fraction of sp³-hybridized carbons (Fsp3) is 0.545. The number of pyridine rings is 1. The molecule has 3 aromatic rings. The third-order valence-corrected chi connectivity index (χ3v) is 6.20. The van der Waals surface area contributed by atoms with Gasteiger partial charge in [0.25, 0.3) is 0 Å². The molecule has 0 aromatic carbocycles. The Hall–Kier alpha value is -3.02.